The van der Waals surface area contributed by atoms with Crippen molar-refractivity contribution in [3.8, 4) is 0 Å². The SMILES string of the molecule is C=C(C[C@@H](CC(=O)c1ccccc1)c1ccccc1)N1CCC[C@H]1CN. The molecule has 1 saturated heterocycles. The average molecular weight is 348 g/mol. The summed E-state index contributed by atoms with van der Waals surface area (Å²) in [4.78, 5) is 15.1. The molecule has 2 N–H and O–H groups in total. The lowest BCUT2D eigenvalue weighted by Gasteiger charge is -2.30. The van der Waals surface area contributed by atoms with Gasteiger partial charge in [0.25, 0.3) is 0 Å². The van der Waals surface area contributed by atoms with E-state index >= 15 is 0 Å². The second-order valence-corrected chi connectivity index (χ2v) is 7.10. The van der Waals surface area contributed by atoms with Gasteiger partial charge >= 0.3 is 0 Å². The van der Waals surface area contributed by atoms with E-state index in [4.69, 9.17) is 5.73 Å². The fraction of sp³-hybridized carbons (Fsp3) is 0.348. The Labute approximate surface area is 156 Å². The summed E-state index contributed by atoms with van der Waals surface area (Å²) < 4.78 is 0. The van der Waals surface area contributed by atoms with Crippen LogP contribution in [0.1, 0.15) is 47.5 Å². The maximum Gasteiger partial charge on any atom is 0.163 e. The van der Waals surface area contributed by atoms with Gasteiger partial charge in [0.05, 0.1) is 0 Å². The van der Waals surface area contributed by atoms with Gasteiger partial charge in [-0.05, 0) is 30.7 Å². The number of ketones is 1. The Balaban J connectivity index is 1.76. The maximum atomic E-state index is 12.8. The summed E-state index contributed by atoms with van der Waals surface area (Å²) in [6.07, 6.45) is 3.58. The summed E-state index contributed by atoms with van der Waals surface area (Å²) in [7, 11) is 0. The van der Waals surface area contributed by atoms with Crippen LogP contribution in [0.3, 0.4) is 0 Å². The monoisotopic (exact) mass is 348 g/mol. The van der Waals surface area contributed by atoms with Crippen LogP contribution in [0.4, 0.5) is 0 Å². The molecule has 0 aliphatic carbocycles. The van der Waals surface area contributed by atoms with Gasteiger partial charge in [-0.25, -0.2) is 0 Å². The predicted molar refractivity (Wildman–Crippen MR) is 107 cm³/mol. The molecule has 0 amide bonds. The van der Waals surface area contributed by atoms with E-state index in [-0.39, 0.29) is 11.7 Å². The zero-order valence-corrected chi connectivity index (χ0v) is 15.3. The van der Waals surface area contributed by atoms with Gasteiger partial charge in [-0.3, -0.25) is 4.79 Å². The fourth-order valence-corrected chi connectivity index (χ4v) is 3.90. The molecule has 1 aliphatic heterocycles. The van der Waals surface area contributed by atoms with Crippen molar-refractivity contribution in [2.45, 2.75) is 37.6 Å². The van der Waals surface area contributed by atoms with E-state index in [0.717, 1.165) is 30.6 Å². The molecule has 1 heterocycles. The van der Waals surface area contributed by atoms with E-state index in [1.807, 2.05) is 48.5 Å². The number of hydrogen-bond acceptors (Lipinski definition) is 3. The maximum absolute atomic E-state index is 12.8. The molecule has 136 valence electrons. The van der Waals surface area contributed by atoms with E-state index in [0.29, 0.717) is 19.0 Å². The summed E-state index contributed by atoms with van der Waals surface area (Å²) in [5.41, 5.74) is 9.00. The van der Waals surface area contributed by atoms with Crippen LogP contribution >= 0.6 is 0 Å². The normalized spacial score (nSPS) is 17.9. The number of hydrogen-bond donors (Lipinski definition) is 1. The first-order valence-electron chi connectivity index (χ1n) is 9.46. The standard InChI is InChI=1S/C23H28N2O/c1-18(25-14-8-13-22(25)17-24)15-21(19-9-4-2-5-10-19)16-23(26)20-11-6-3-7-12-20/h2-7,9-12,21-22H,1,8,13-17,24H2/t21-,22-/m0/s1. The Morgan fingerprint density at radius 2 is 1.73 bits per heavy atom. The molecule has 3 rings (SSSR count). The van der Waals surface area contributed by atoms with E-state index < -0.39 is 0 Å². The van der Waals surface area contributed by atoms with Crippen molar-refractivity contribution in [3.63, 3.8) is 0 Å². The van der Waals surface area contributed by atoms with E-state index in [2.05, 4.69) is 23.6 Å². The topological polar surface area (TPSA) is 46.3 Å². The van der Waals surface area contributed by atoms with Crippen molar-refractivity contribution < 1.29 is 4.79 Å². The van der Waals surface area contributed by atoms with Gasteiger partial charge in [-0.2, -0.15) is 0 Å². The molecule has 1 aliphatic rings. The summed E-state index contributed by atoms with van der Waals surface area (Å²) in [5, 5.41) is 0. The molecular formula is C23H28N2O. The lowest BCUT2D eigenvalue weighted by atomic mass is 9.87. The Bertz CT molecular complexity index is 726. The third-order valence-electron chi connectivity index (χ3n) is 5.34. The number of nitrogens with two attached hydrogens (primary N) is 1. The minimum Gasteiger partial charge on any atom is -0.371 e. The van der Waals surface area contributed by atoms with E-state index in [9.17, 15) is 4.79 Å². The second kappa shape index (κ2) is 8.81. The number of allylic oxidation sites excluding steroid dienone is 1. The molecule has 0 unspecified atom stereocenters. The highest BCUT2D eigenvalue weighted by atomic mass is 16.1. The Morgan fingerprint density at radius 3 is 2.38 bits per heavy atom. The highest BCUT2D eigenvalue weighted by Gasteiger charge is 2.26. The van der Waals surface area contributed by atoms with Crippen LogP contribution in [0.2, 0.25) is 0 Å². The number of carbonyl (C=O) groups is 1. The molecule has 2 aromatic carbocycles. The first-order valence-corrected chi connectivity index (χ1v) is 9.46. The van der Waals surface area contributed by atoms with Gasteiger partial charge in [0, 0.05) is 36.8 Å². The highest BCUT2D eigenvalue weighted by Crippen LogP contribution is 2.32. The highest BCUT2D eigenvalue weighted by molar-refractivity contribution is 5.96. The quantitative estimate of drug-likeness (QED) is 0.721. The van der Waals surface area contributed by atoms with Crippen LogP contribution in [0.5, 0.6) is 0 Å². The number of nitrogens with zero attached hydrogens (tertiary/aromatic N) is 1. The molecule has 0 saturated carbocycles. The van der Waals surface area contributed by atoms with Crippen molar-refractivity contribution >= 4 is 5.78 Å². The largest absolute Gasteiger partial charge is 0.371 e. The number of Topliss-reactive ketones (excluding diaryl/α,β-unsaturated/α-hetero) is 1. The number of rotatable bonds is 8. The predicted octanol–water partition coefficient (Wildman–Crippen LogP) is 4.37. The first kappa shape index (κ1) is 18.4. The summed E-state index contributed by atoms with van der Waals surface area (Å²) >= 11 is 0. The first-order chi connectivity index (χ1) is 12.7. The van der Waals surface area contributed by atoms with Gasteiger partial charge < -0.3 is 10.6 Å². The number of likely N-dealkylation sites (tertiary alicyclic amines) is 1. The smallest absolute Gasteiger partial charge is 0.163 e. The van der Waals surface area contributed by atoms with Crippen LogP contribution in [0.15, 0.2) is 72.9 Å². The van der Waals surface area contributed by atoms with Crippen molar-refractivity contribution in [3.05, 3.63) is 84.1 Å². The molecule has 3 heteroatoms. The average Bonchev–Trinajstić information content (AvgIpc) is 3.17. The molecule has 3 nitrogen and oxygen atoms in total. The third kappa shape index (κ3) is 4.41. The number of carbonyl (C=O) groups excluding carboxylic acids is 1. The summed E-state index contributed by atoms with van der Waals surface area (Å²) in [6.45, 7) is 6.03. The van der Waals surface area contributed by atoms with Gasteiger partial charge in [0.2, 0.25) is 0 Å². The lowest BCUT2D eigenvalue weighted by Crippen LogP contribution is -2.35. The van der Waals surface area contributed by atoms with E-state index in [1.165, 1.54) is 12.0 Å². The second-order valence-electron chi connectivity index (χ2n) is 7.10. The van der Waals surface area contributed by atoms with Crippen LogP contribution in [0, 0.1) is 0 Å². The Hall–Kier alpha value is -2.39. The van der Waals surface area contributed by atoms with Gasteiger partial charge in [0.15, 0.2) is 5.78 Å². The molecule has 2 aromatic rings. The molecule has 2 atom stereocenters. The summed E-state index contributed by atoms with van der Waals surface area (Å²) in [5.74, 6) is 0.319. The molecule has 1 fully saturated rings. The zero-order valence-electron chi connectivity index (χ0n) is 15.3. The molecule has 0 radical (unpaired) electrons. The van der Waals surface area contributed by atoms with Crippen molar-refractivity contribution in [1.29, 1.82) is 0 Å². The van der Waals surface area contributed by atoms with Crippen LogP contribution in [0.25, 0.3) is 0 Å². The molecule has 0 spiro atoms. The van der Waals surface area contributed by atoms with Crippen molar-refractivity contribution in [2.24, 2.45) is 5.73 Å². The zero-order chi connectivity index (χ0) is 18.4. The molecule has 26 heavy (non-hydrogen) atoms. The fourth-order valence-electron chi connectivity index (χ4n) is 3.90. The third-order valence-corrected chi connectivity index (χ3v) is 5.34. The van der Waals surface area contributed by atoms with Gasteiger partial charge in [0.1, 0.15) is 0 Å². The van der Waals surface area contributed by atoms with Crippen LogP contribution in [-0.4, -0.2) is 29.8 Å². The lowest BCUT2D eigenvalue weighted by molar-refractivity contribution is 0.0972. The molecule has 0 bridgehead atoms. The minimum absolute atomic E-state index is 0.135. The van der Waals surface area contributed by atoms with Gasteiger partial charge in [-0.15, -0.1) is 0 Å². The van der Waals surface area contributed by atoms with Crippen molar-refractivity contribution in [1.82, 2.24) is 4.90 Å². The van der Waals surface area contributed by atoms with Crippen LogP contribution < -0.4 is 5.73 Å². The Kier molecular flexibility index (Phi) is 6.24. The van der Waals surface area contributed by atoms with Gasteiger partial charge in [-0.1, -0.05) is 67.2 Å². The van der Waals surface area contributed by atoms with Crippen LogP contribution in [-0.2, 0) is 0 Å². The minimum atomic E-state index is 0.135. The van der Waals surface area contributed by atoms with Crippen molar-refractivity contribution in [2.75, 3.05) is 13.1 Å². The Morgan fingerprint density at radius 1 is 1.08 bits per heavy atom. The van der Waals surface area contributed by atoms with E-state index in [1.54, 1.807) is 0 Å². The molecule has 0 aromatic heterocycles. The summed E-state index contributed by atoms with van der Waals surface area (Å²) in [6, 6.07) is 20.3. The number of benzene rings is 2. The molecular weight excluding hydrogens is 320 g/mol.